The van der Waals surface area contributed by atoms with Crippen LogP contribution in [-0.2, 0) is 4.79 Å². The molecule has 1 aromatic heterocycles. The molecule has 1 N–H and O–H groups in total. The highest BCUT2D eigenvalue weighted by Crippen LogP contribution is 2.31. The number of hydrogen-bond donors (Lipinski definition) is 1. The van der Waals surface area contributed by atoms with Crippen molar-refractivity contribution in [3.63, 3.8) is 0 Å². The topological polar surface area (TPSA) is 79.9 Å². The molecule has 6 nitrogen and oxygen atoms in total. The third-order valence-corrected chi connectivity index (χ3v) is 5.66. The van der Waals surface area contributed by atoms with Crippen LogP contribution in [0, 0.1) is 25.2 Å². The number of carbonyl (C=O) groups excluding carboxylic acids is 1. The number of anilines is 1. The van der Waals surface area contributed by atoms with E-state index in [1.165, 1.54) is 0 Å². The van der Waals surface area contributed by atoms with Gasteiger partial charge in [0.1, 0.15) is 23.1 Å². The summed E-state index contributed by atoms with van der Waals surface area (Å²) in [6, 6.07) is 25.1. The van der Waals surface area contributed by atoms with E-state index in [0.717, 1.165) is 34.5 Å². The van der Waals surface area contributed by atoms with Crippen molar-refractivity contribution in [3.8, 4) is 28.8 Å². The van der Waals surface area contributed by atoms with E-state index in [9.17, 15) is 10.1 Å². The zero-order chi connectivity index (χ0) is 25.5. The van der Waals surface area contributed by atoms with Gasteiger partial charge < -0.3 is 10.1 Å². The van der Waals surface area contributed by atoms with E-state index in [-0.39, 0.29) is 5.57 Å². The van der Waals surface area contributed by atoms with Gasteiger partial charge >= 0.3 is 0 Å². The number of hydrogen-bond acceptors (Lipinski definition) is 4. The molecule has 0 aliphatic heterocycles. The molecule has 3 aromatic carbocycles. The maximum Gasteiger partial charge on any atom is 0.266 e. The lowest BCUT2D eigenvalue weighted by Crippen LogP contribution is -2.13. The third-order valence-electron chi connectivity index (χ3n) is 5.66. The largest absolute Gasteiger partial charge is 0.494 e. The Morgan fingerprint density at radius 3 is 2.50 bits per heavy atom. The van der Waals surface area contributed by atoms with Gasteiger partial charge in [-0.3, -0.25) is 4.79 Å². The molecule has 4 rings (SSSR count). The minimum Gasteiger partial charge on any atom is -0.494 e. The highest BCUT2D eigenvalue weighted by atomic mass is 16.5. The van der Waals surface area contributed by atoms with E-state index in [1.54, 1.807) is 10.8 Å². The number of nitrogens with one attached hydrogen (secondary N) is 1. The average molecular weight is 477 g/mol. The monoisotopic (exact) mass is 476 g/mol. The average Bonchev–Trinajstić information content (AvgIpc) is 3.31. The van der Waals surface area contributed by atoms with Crippen LogP contribution in [0.5, 0.6) is 5.75 Å². The van der Waals surface area contributed by atoms with Crippen LogP contribution in [0.2, 0.25) is 0 Å². The Hall–Kier alpha value is -4.63. The van der Waals surface area contributed by atoms with Gasteiger partial charge in [-0.25, -0.2) is 4.68 Å². The van der Waals surface area contributed by atoms with Crippen LogP contribution in [0.1, 0.15) is 30.0 Å². The SMILES string of the molecule is CCCOc1ccc(-c2nn(-c3ccccc3)cc2/C=C(/C#N)C(=O)Nc2ccc(C)cc2)c(C)c1. The maximum absolute atomic E-state index is 12.9. The number of para-hydroxylation sites is 1. The molecule has 0 radical (unpaired) electrons. The van der Waals surface area contributed by atoms with Gasteiger partial charge in [-0.2, -0.15) is 10.4 Å². The first kappa shape index (κ1) is 24.5. The summed E-state index contributed by atoms with van der Waals surface area (Å²) in [5.41, 5.74) is 5.81. The van der Waals surface area contributed by atoms with Crippen molar-refractivity contribution >= 4 is 17.7 Å². The highest BCUT2D eigenvalue weighted by Gasteiger charge is 2.17. The first-order valence-electron chi connectivity index (χ1n) is 11.9. The Labute approximate surface area is 211 Å². The lowest BCUT2D eigenvalue weighted by molar-refractivity contribution is -0.112. The predicted molar refractivity (Wildman–Crippen MR) is 143 cm³/mol. The molecule has 1 amide bonds. The van der Waals surface area contributed by atoms with E-state index < -0.39 is 5.91 Å². The molecule has 4 aromatic rings. The number of ether oxygens (including phenoxy) is 1. The standard InChI is InChI=1S/C30H28N4O2/c1-4-16-36-27-14-15-28(22(3)17-27)29-24(20-34(33-29)26-8-6-5-7-9-26)18-23(19-31)30(35)32-25-12-10-21(2)11-13-25/h5-15,17-18,20H,4,16H2,1-3H3,(H,32,35)/b23-18-. The van der Waals surface area contributed by atoms with E-state index >= 15 is 0 Å². The zero-order valence-corrected chi connectivity index (χ0v) is 20.7. The highest BCUT2D eigenvalue weighted by molar-refractivity contribution is 6.10. The zero-order valence-electron chi connectivity index (χ0n) is 20.7. The lowest BCUT2D eigenvalue weighted by atomic mass is 10.0. The van der Waals surface area contributed by atoms with Crippen molar-refractivity contribution in [2.45, 2.75) is 27.2 Å². The minimum absolute atomic E-state index is 0.00927. The van der Waals surface area contributed by atoms with Crippen LogP contribution < -0.4 is 10.1 Å². The number of amides is 1. The summed E-state index contributed by atoms with van der Waals surface area (Å²) in [6.07, 6.45) is 4.35. The smallest absolute Gasteiger partial charge is 0.266 e. The van der Waals surface area contributed by atoms with Gasteiger partial charge in [0.05, 0.1) is 12.3 Å². The molecule has 0 bridgehead atoms. The van der Waals surface area contributed by atoms with Crippen LogP contribution in [0.25, 0.3) is 23.0 Å². The second kappa shape index (κ2) is 11.2. The number of rotatable bonds is 8. The predicted octanol–water partition coefficient (Wildman–Crippen LogP) is 6.49. The van der Waals surface area contributed by atoms with Gasteiger partial charge in [0.25, 0.3) is 5.91 Å². The molecular formula is C30H28N4O2. The fourth-order valence-corrected chi connectivity index (χ4v) is 3.77. The minimum atomic E-state index is -0.472. The van der Waals surface area contributed by atoms with Gasteiger partial charge in [-0.05, 0) is 74.4 Å². The molecular weight excluding hydrogens is 448 g/mol. The van der Waals surface area contributed by atoms with Crippen molar-refractivity contribution in [2.24, 2.45) is 0 Å². The summed E-state index contributed by atoms with van der Waals surface area (Å²) < 4.78 is 7.53. The number of aromatic nitrogens is 2. The molecule has 1 heterocycles. The molecule has 0 atom stereocenters. The molecule has 6 heteroatoms. The first-order chi connectivity index (χ1) is 17.5. The van der Waals surface area contributed by atoms with Gasteiger partial charge in [0, 0.05) is 23.0 Å². The molecule has 0 unspecified atom stereocenters. The third kappa shape index (κ3) is 5.70. The number of carbonyl (C=O) groups is 1. The number of nitrogens with zero attached hydrogens (tertiary/aromatic N) is 3. The Morgan fingerprint density at radius 2 is 1.83 bits per heavy atom. The number of benzene rings is 3. The van der Waals surface area contributed by atoms with Crippen LogP contribution in [-0.4, -0.2) is 22.3 Å². The summed E-state index contributed by atoms with van der Waals surface area (Å²) >= 11 is 0. The molecule has 0 fully saturated rings. The van der Waals surface area contributed by atoms with Crippen molar-refractivity contribution in [1.29, 1.82) is 5.26 Å². The quantitative estimate of drug-likeness (QED) is 0.233. The van der Waals surface area contributed by atoms with Crippen LogP contribution in [0.4, 0.5) is 5.69 Å². The van der Waals surface area contributed by atoms with E-state index in [2.05, 4.69) is 12.2 Å². The number of aryl methyl sites for hydroxylation is 2. The van der Waals surface area contributed by atoms with Crippen LogP contribution in [0.3, 0.4) is 0 Å². The molecule has 36 heavy (non-hydrogen) atoms. The fourth-order valence-electron chi connectivity index (χ4n) is 3.77. The molecule has 0 spiro atoms. The van der Waals surface area contributed by atoms with Crippen molar-refractivity contribution in [1.82, 2.24) is 9.78 Å². The maximum atomic E-state index is 12.9. The summed E-state index contributed by atoms with van der Waals surface area (Å²) in [7, 11) is 0. The second-order valence-electron chi connectivity index (χ2n) is 8.53. The number of nitriles is 1. The second-order valence-corrected chi connectivity index (χ2v) is 8.53. The van der Waals surface area contributed by atoms with Crippen molar-refractivity contribution in [3.05, 3.63) is 101 Å². The molecule has 0 aliphatic carbocycles. The normalized spacial score (nSPS) is 11.1. The van der Waals surface area contributed by atoms with Crippen molar-refractivity contribution in [2.75, 3.05) is 11.9 Å². The summed E-state index contributed by atoms with van der Waals surface area (Å²) in [5, 5.41) is 17.5. The molecule has 0 saturated heterocycles. The van der Waals surface area contributed by atoms with E-state index in [1.807, 2.05) is 98.9 Å². The summed E-state index contributed by atoms with van der Waals surface area (Å²) in [4.78, 5) is 12.9. The molecule has 0 aliphatic rings. The van der Waals surface area contributed by atoms with Crippen LogP contribution in [0.15, 0.2) is 84.6 Å². The van der Waals surface area contributed by atoms with E-state index in [0.29, 0.717) is 23.6 Å². The van der Waals surface area contributed by atoms with Crippen LogP contribution >= 0.6 is 0 Å². The molecule has 0 saturated carbocycles. The van der Waals surface area contributed by atoms with Gasteiger partial charge in [-0.1, -0.05) is 42.8 Å². The molecule has 180 valence electrons. The van der Waals surface area contributed by atoms with E-state index in [4.69, 9.17) is 9.84 Å². The Kier molecular flexibility index (Phi) is 7.62. The first-order valence-corrected chi connectivity index (χ1v) is 11.9. The summed E-state index contributed by atoms with van der Waals surface area (Å²) in [5.74, 6) is 0.327. The Morgan fingerprint density at radius 1 is 1.08 bits per heavy atom. The Balaban J connectivity index is 1.75. The fraction of sp³-hybridized carbons (Fsp3) is 0.167. The lowest BCUT2D eigenvalue weighted by Gasteiger charge is -2.09. The summed E-state index contributed by atoms with van der Waals surface area (Å²) in [6.45, 7) is 6.69. The van der Waals surface area contributed by atoms with Crippen molar-refractivity contribution < 1.29 is 9.53 Å². The van der Waals surface area contributed by atoms with Gasteiger partial charge in [0.2, 0.25) is 0 Å². The van der Waals surface area contributed by atoms with Gasteiger partial charge in [-0.15, -0.1) is 0 Å². The van der Waals surface area contributed by atoms with Gasteiger partial charge in [0.15, 0.2) is 0 Å². The Bertz CT molecular complexity index is 1430.